The van der Waals surface area contributed by atoms with Gasteiger partial charge in [0.15, 0.2) is 0 Å². The first-order valence-corrected chi connectivity index (χ1v) is 6.07. The molecule has 18 heavy (non-hydrogen) atoms. The van der Waals surface area contributed by atoms with Crippen LogP contribution in [-0.4, -0.2) is 22.6 Å². The van der Waals surface area contributed by atoms with Gasteiger partial charge in [0.25, 0.3) is 5.91 Å². The number of carbonyl (C=O) groups is 1. The number of amides is 1. The van der Waals surface area contributed by atoms with Crippen molar-refractivity contribution in [3.05, 3.63) is 52.3 Å². The first-order valence-electron chi connectivity index (χ1n) is 5.69. The normalized spacial score (nSPS) is 10.3. The van der Waals surface area contributed by atoms with Crippen molar-refractivity contribution in [2.24, 2.45) is 0 Å². The molecule has 0 fully saturated rings. The molecule has 2 aromatic rings. The van der Waals surface area contributed by atoms with Crippen molar-refractivity contribution in [3.8, 4) is 0 Å². The van der Waals surface area contributed by atoms with Crippen LogP contribution in [0.2, 0.25) is 5.02 Å². The molecule has 0 atom stereocenters. The van der Waals surface area contributed by atoms with Crippen molar-refractivity contribution < 1.29 is 4.79 Å². The van der Waals surface area contributed by atoms with E-state index >= 15 is 0 Å². The number of halogens is 1. The molecule has 0 aliphatic carbocycles. The Morgan fingerprint density at radius 2 is 2.11 bits per heavy atom. The SMILES string of the molecule is Cc1cn[nH]c1C(=O)NCCc1ccc(Cl)cc1. The van der Waals surface area contributed by atoms with E-state index in [1.165, 1.54) is 0 Å². The van der Waals surface area contributed by atoms with Crippen molar-refractivity contribution in [1.29, 1.82) is 0 Å². The Labute approximate surface area is 110 Å². The molecule has 1 aromatic carbocycles. The van der Waals surface area contributed by atoms with Crippen molar-refractivity contribution in [3.63, 3.8) is 0 Å². The minimum atomic E-state index is -0.126. The molecule has 2 rings (SSSR count). The average molecular weight is 264 g/mol. The van der Waals surface area contributed by atoms with E-state index in [2.05, 4.69) is 15.5 Å². The van der Waals surface area contributed by atoms with Gasteiger partial charge in [-0.15, -0.1) is 0 Å². The Balaban J connectivity index is 1.84. The van der Waals surface area contributed by atoms with E-state index in [-0.39, 0.29) is 5.91 Å². The fourth-order valence-corrected chi connectivity index (χ4v) is 1.76. The number of benzene rings is 1. The predicted molar refractivity (Wildman–Crippen MR) is 70.8 cm³/mol. The second-order valence-corrected chi connectivity index (χ2v) is 4.50. The van der Waals surface area contributed by atoms with Gasteiger partial charge in [-0.05, 0) is 36.6 Å². The molecule has 0 aliphatic heterocycles. The van der Waals surface area contributed by atoms with E-state index in [9.17, 15) is 4.79 Å². The van der Waals surface area contributed by atoms with E-state index in [1.54, 1.807) is 6.20 Å². The molecule has 1 aromatic heterocycles. The van der Waals surface area contributed by atoms with E-state index < -0.39 is 0 Å². The molecule has 0 unspecified atom stereocenters. The molecular formula is C13H14ClN3O. The van der Waals surface area contributed by atoms with Crippen molar-refractivity contribution >= 4 is 17.5 Å². The number of aromatic amines is 1. The lowest BCUT2D eigenvalue weighted by Crippen LogP contribution is -2.26. The highest BCUT2D eigenvalue weighted by Crippen LogP contribution is 2.09. The molecule has 94 valence electrons. The highest BCUT2D eigenvalue weighted by atomic mass is 35.5. The number of aryl methyl sites for hydroxylation is 1. The van der Waals surface area contributed by atoms with Crippen LogP contribution in [-0.2, 0) is 6.42 Å². The molecule has 0 saturated heterocycles. The zero-order chi connectivity index (χ0) is 13.0. The van der Waals surface area contributed by atoms with Crippen LogP contribution in [0.25, 0.3) is 0 Å². The van der Waals surface area contributed by atoms with Gasteiger partial charge in [0.2, 0.25) is 0 Å². The summed E-state index contributed by atoms with van der Waals surface area (Å²) in [6.45, 7) is 2.43. The minimum absolute atomic E-state index is 0.126. The van der Waals surface area contributed by atoms with E-state index in [0.29, 0.717) is 12.2 Å². The molecule has 1 amide bonds. The van der Waals surface area contributed by atoms with Gasteiger partial charge in [-0.1, -0.05) is 23.7 Å². The van der Waals surface area contributed by atoms with Gasteiger partial charge in [-0.25, -0.2) is 0 Å². The van der Waals surface area contributed by atoms with Crippen LogP contribution in [0.3, 0.4) is 0 Å². The highest BCUT2D eigenvalue weighted by molar-refractivity contribution is 6.30. The summed E-state index contributed by atoms with van der Waals surface area (Å²) in [5, 5.41) is 10.1. The maximum absolute atomic E-state index is 11.8. The second kappa shape index (κ2) is 5.69. The Kier molecular flexibility index (Phi) is 3.99. The third kappa shape index (κ3) is 3.11. The molecule has 0 aliphatic rings. The number of hydrogen-bond acceptors (Lipinski definition) is 2. The van der Waals surface area contributed by atoms with Crippen molar-refractivity contribution in [2.45, 2.75) is 13.3 Å². The fourth-order valence-electron chi connectivity index (χ4n) is 1.64. The number of H-pyrrole nitrogens is 1. The van der Waals surface area contributed by atoms with Crippen LogP contribution < -0.4 is 5.32 Å². The molecule has 5 heteroatoms. The molecule has 2 N–H and O–H groups in total. The van der Waals surface area contributed by atoms with Crippen LogP contribution in [0.4, 0.5) is 0 Å². The van der Waals surface area contributed by atoms with Crippen molar-refractivity contribution in [1.82, 2.24) is 15.5 Å². The first kappa shape index (κ1) is 12.6. The van der Waals surface area contributed by atoms with Gasteiger partial charge < -0.3 is 5.32 Å². The van der Waals surface area contributed by atoms with E-state index in [1.807, 2.05) is 31.2 Å². The number of hydrogen-bond donors (Lipinski definition) is 2. The minimum Gasteiger partial charge on any atom is -0.350 e. The molecule has 0 saturated carbocycles. The van der Waals surface area contributed by atoms with Crippen LogP contribution >= 0.6 is 11.6 Å². The standard InChI is InChI=1S/C13H14ClN3O/c1-9-8-16-17-12(9)13(18)15-7-6-10-2-4-11(14)5-3-10/h2-5,8H,6-7H2,1H3,(H,15,18)(H,16,17). The first-order chi connectivity index (χ1) is 8.66. The van der Waals surface area contributed by atoms with E-state index in [4.69, 9.17) is 11.6 Å². The van der Waals surface area contributed by atoms with Gasteiger partial charge in [0.05, 0.1) is 6.20 Å². The Bertz CT molecular complexity index is 533. The molecule has 4 nitrogen and oxygen atoms in total. The number of nitrogens with one attached hydrogen (secondary N) is 2. The van der Waals surface area contributed by atoms with Crippen molar-refractivity contribution in [2.75, 3.05) is 6.54 Å². The van der Waals surface area contributed by atoms with Gasteiger partial charge >= 0.3 is 0 Å². The summed E-state index contributed by atoms with van der Waals surface area (Å²) in [4.78, 5) is 11.8. The summed E-state index contributed by atoms with van der Waals surface area (Å²) < 4.78 is 0. The van der Waals surface area contributed by atoms with Crippen LogP contribution in [0.5, 0.6) is 0 Å². The molecule has 0 spiro atoms. The topological polar surface area (TPSA) is 57.8 Å². The Morgan fingerprint density at radius 3 is 2.72 bits per heavy atom. The van der Waals surface area contributed by atoms with Crippen LogP contribution in [0, 0.1) is 6.92 Å². The van der Waals surface area contributed by atoms with Crippen LogP contribution in [0.15, 0.2) is 30.5 Å². The molecule has 0 radical (unpaired) electrons. The molecule has 0 bridgehead atoms. The summed E-state index contributed by atoms with van der Waals surface area (Å²) in [6, 6.07) is 7.60. The maximum atomic E-state index is 11.8. The van der Waals surface area contributed by atoms with Gasteiger partial charge in [-0.2, -0.15) is 5.10 Å². The lowest BCUT2D eigenvalue weighted by Gasteiger charge is -2.04. The summed E-state index contributed by atoms with van der Waals surface area (Å²) in [6.07, 6.45) is 2.41. The summed E-state index contributed by atoms with van der Waals surface area (Å²) in [5.74, 6) is -0.126. The number of aromatic nitrogens is 2. The zero-order valence-electron chi connectivity index (χ0n) is 10.0. The predicted octanol–water partition coefficient (Wildman–Crippen LogP) is 2.34. The third-order valence-corrected chi connectivity index (χ3v) is 2.92. The lowest BCUT2D eigenvalue weighted by atomic mass is 10.1. The van der Waals surface area contributed by atoms with Gasteiger partial charge in [0.1, 0.15) is 5.69 Å². The summed E-state index contributed by atoms with van der Waals surface area (Å²) in [7, 11) is 0. The second-order valence-electron chi connectivity index (χ2n) is 4.06. The Hall–Kier alpha value is -1.81. The molecular weight excluding hydrogens is 250 g/mol. The van der Waals surface area contributed by atoms with Gasteiger partial charge in [-0.3, -0.25) is 9.89 Å². The highest BCUT2D eigenvalue weighted by Gasteiger charge is 2.09. The smallest absolute Gasteiger partial charge is 0.269 e. The summed E-state index contributed by atoms with van der Waals surface area (Å²) >= 11 is 5.80. The maximum Gasteiger partial charge on any atom is 0.269 e. The zero-order valence-corrected chi connectivity index (χ0v) is 10.8. The Morgan fingerprint density at radius 1 is 1.39 bits per heavy atom. The van der Waals surface area contributed by atoms with Crippen LogP contribution in [0.1, 0.15) is 21.6 Å². The number of rotatable bonds is 4. The quantitative estimate of drug-likeness (QED) is 0.890. The largest absolute Gasteiger partial charge is 0.350 e. The lowest BCUT2D eigenvalue weighted by molar-refractivity contribution is 0.0948. The average Bonchev–Trinajstić information content (AvgIpc) is 2.78. The third-order valence-electron chi connectivity index (χ3n) is 2.67. The number of nitrogens with zero attached hydrogens (tertiary/aromatic N) is 1. The summed E-state index contributed by atoms with van der Waals surface area (Å²) in [5.41, 5.74) is 2.51. The van der Waals surface area contributed by atoms with E-state index in [0.717, 1.165) is 22.6 Å². The monoisotopic (exact) mass is 263 g/mol. The molecule has 1 heterocycles. The number of carbonyl (C=O) groups excluding carboxylic acids is 1. The van der Waals surface area contributed by atoms with Gasteiger partial charge in [0, 0.05) is 11.6 Å². The fraction of sp³-hybridized carbons (Fsp3) is 0.231.